The minimum absolute atomic E-state index is 0.0291. The lowest BCUT2D eigenvalue weighted by Gasteiger charge is -2.57. The Bertz CT molecular complexity index is 617. The lowest BCUT2D eigenvalue weighted by atomic mass is 9.46. The van der Waals surface area contributed by atoms with Gasteiger partial charge in [-0.15, -0.1) is 0 Å². The van der Waals surface area contributed by atoms with Crippen LogP contribution in [-0.4, -0.2) is 23.7 Å². The number of hydrogen-bond acceptors (Lipinski definition) is 3. The quantitative estimate of drug-likeness (QED) is 0.621. The average Bonchev–Trinajstić information content (AvgIpc) is 2.95. The number of carbonyl (C=O) groups excluding carboxylic acids is 1. The molecule has 0 aromatic rings. The van der Waals surface area contributed by atoms with E-state index in [2.05, 4.69) is 19.9 Å². The van der Waals surface area contributed by atoms with Crippen molar-refractivity contribution < 1.29 is 19.4 Å². The first-order valence-electron chi connectivity index (χ1n) is 9.07. The molecule has 24 heavy (non-hydrogen) atoms. The van der Waals surface area contributed by atoms with E-state index in [1.807, 2.05) is 6.92 Å². The summed E-state index contributed by atoms with van der Waals surface area (Å²) in [6.07, 6.45) is 9.08. The van der Waals surface area contributed by atoms with Crippen LogP contribution in [0.5, 0.6) is 0 Å². The molecule has 0 amide bonds. The molecule has 0 aromatic heterocycles. The van der Waals surface area contributed by atoms with Crippen molar-refractivity contribution in [3.05, 3.63) is 23.3 Å². The molecular weight excluding hydrogens is 304 g/mol. The first kappa shape index (κ1) is 17.2. The standard InChI is InChI=1S/C20H28O4/c1-13-7-10-20(18(22)23)14(2)5-4-6-16(20)19(13,3)9-8-15-11-17(21)24-12-15/h5,11,13,16H,4,6-10,12H2,1-3H3,(H,22,23)/t13-,16-,19+,20+/m0/s1. The van der Waals surface area contributed by atoms with Gasteiger partial charge in [-0.1, -0.05) is 25.5 Å². The highest BCUT2D eigenvalue weighted by Crippen LogP contribution is 2.62. The minimum Gasteiger partial charge on any atom is -0.481 e. The maximum atomic E-state index is 12.3. The van der Waals surface area contributed by atoms with E-state index in [1.165, 1.54) is 0 Å². The van der Waals surface area contributed by atoms with E-state index in [4.69, 9.17) is 4.74 Å². The van der Waals surface area contributed by atoms with Crippen molar-refractivity contribution in [1.29, 1.82) is 0 Å². The van der Waals surface area contributed by atoms with Gasteiger partial charge in [0, 0.05) is 6.08 Å². The summed E-state index contributed by atoms with van der Waals surface area (Å²) in [6.45, 7) is 6.94. The molecule has 2 aliphatic carbocycles. The molecule has 0 bridgehead atoms. The van der Waals surface area contributed by atoms with E-state index in [9.17, 15) is 14.7 Å². The Kier molecular flexibility index (Phi) is 4.35. The Labute approximate surface area is 144 Å². The normalized spacial score (nSPS) is 38.9. The molecule has 0 aromatic carbocycles. The van der Waals surface area contributed by atoms with Crippen molar-refractivity contribution in [1.82, 2.24) is 0 Å². The number of carbonyl (C=O) groups is 2. The summed E-state index contributed by atoms with van der Waals surface area (Å²) < 4.78 is 5.01. The van der Waals surface area contributed by atoms with Crippen LogP contribution >= 0.6 is 0 Å². The summed E-state index contributed by atoms with van der Waals surface area (Å²) in [5, 5.41) is 10.1. The fraction of sp³-hybridized carbons (Fsp3) is 0.700. The van der Waals surface area contributed by atoms with E-state index in [0.717, 1.165) is 49.7 Å². The second-order valence-corrected chi connectivity index (χ2v) is 8.15. The van der Waals surface area contributed by atoms with E-state index in [-0.39, 0.29) is 17.3 Å². The number of carboxylic acid groups (broad SMARTS) is 1. The predicted octanol–water partition coefficient (Wildman–Crippen LogP) is 4.11. The Morgan fingerprint density at radius 3 is 2.79 bits per heavy atom. The minimum atomic E-state index is -0.699. The molecule has 1 fully saturated rings. The van der Waals surface area contributed by atoms with Crippen LogP contribution < -0.4 is 0 Å². The largest absolute Gasteiger partial charge is 0.481 e. The Balaban J connectivity index is 1.90. The summed E-state index contributed by atoms with van der Waals surface area (Å²) in [5.41, 5.74) is 1.36. The molecule has 1 N–H and O–H groups in total. The molecule has 132 valence electrons. The van der Waals surface area contributed by atoms with E-state index >= 15 is 0 Å². The molecule has 0 radical (unpaired) electrons. The number of aliphatic carboxylic acids is 1. The average molecular weight is 332 g/mol. The van der Waals surface area contributed by atoms with Gasteiger partial charge in [-0.3, -0.25) is 4.79 Å². The molecule has 0 spiro atoms. The maximum Gasteiger partial charge on any atom is 0.331 e. The number of ether oxygens (including phenoxy) is 1. The topological polar surface area (TPSA) is 63.6 Å². The zero-order valence-corrected chi connectivity index (χ0v) is 14.9. The van der Waals surface area contributed by atoms with Gasteiger partial charge in [0.25, 0.3) is 0 Å². The van der Waals surface area contributed by atoms with Crippen LogP contribution in [0.1, 0.15) is 59.3 Å². The highest BCUT2D eigenvalue weighted by Gasteiger charge is 2.59. The van der Waals surface area contributed by atoms with Crippen LogP contribution in [0.4, 0.5) is 0 Å². The zero-order valence-electron chi connectivity index (χ0n) is 14.9. The van der Waals surface area contributed by atoms with Crippen molar-refractivity contribution in [2.24, 2.45) is 22.7 Å². The summed E-state index contributed by atoms with van der Waals surface area (Å²) >= 11 is 0. The summed E-state index contributed by atoms with van der Waals surface area (Å²) in [7, 11) is 0. The van der Waals surface area contributed by atoms with Crippen LogP contribution in [0.3, 0.4) is 0 Å². The lowest BCUT2D eigenvalue weighted by Crippen LogP contribution is -2.54. The van der Waals surface area contributed by atoms with Gasteiger partial charge < -0.3 is 9.84 Å². The first-order chi connectivity index (χ1) is 11.3. The lowest BCUT2D eigenvalue weighted by molar-refractivity contribution is -0.162. The number of hydrogen-bond donors (Lipinski definition) is 1. The van der Waals surface area contributed by atoms with Gasteiger partial charge in [0.2, 0.25) is 0 Å². The fourth-order valence-corrected chi connectivity index (χ4v) is 5.38. The third-order valence-electron chi connectivity index (χ3n) is 7.19. The number of rotatable bonds is 4. The molecule has 4 heteroatoms. The molecule has 1 aliphatic heterocycles. The monoisotopic (exact) mass is 332 g/mol. The van der Waals surface area contributed by atoms with Gasteiger partial charge in [0.05, 0.1) is 5.41 Å². The smallest absolute Gasteiger partial charge is 0.331 e. The second-order valence-electron chi connectivity index (χ2n) is 8.15. The number of cyclic esters (lactones) is 1. The molecule has 3 aliphatic rings. The van der Waals surface area contributed by atoms with E-state index < -0.39 is 11.4 Å². The van der Waals surface area contributed by atoms with Crippen molar-refractivity contribution in [2.75, 3.05) is 6.61 Å². The predicted molar refractivity (Wildman–Crippen MR) is 91.3 cm³/mol. The van der Waals surface area contributed by atoms with Gasteiger partial charge in [0.15, 0.2) is 0 Å². The van der Waals surface area contributed by atoms with Crippen molar-refractivity contribution in [3.8, 4) is 0 Å². The Morgan fingerprint density at radius 1 is 1.42 bits per heavy atom. The number of esters is 1. The van der Waals surface area contributed by atoms with Gasteiger partial charge in [-0.25, -0.2) is 4.79 Å². The maximum absolute atomic E-state index is 12.3. The highest BCUT2D eigenvalue weighted by atomic mass is 16.5. The Morgan fingerprint density at radius 2 is 2.17 bits per heavy atom. The van der Waals surface area contributed by atoms with Crippen molar-refractivity contribution in [2.45, 2.75) is 59.3 Å². The van der Waals surface area contributed by atoms with E-state index in [1.54, 1.807) is 6.08 Å². The first-order valence-corrected chi connectivity index (χ1v) is 9.07. The summed E-state index contributed by atoms with van der Waals surface area (Å²) in [4.78, 5) is 23.6. The van der Waals surface area contributed by atoms with E-state index in [0.29, 0.717) is 12.5 Å². The van der Waals surface area contributed by atoms with Crippen LogP contribution in [-0.2, 0) is 14.3 Å². The van der Waals surface area contributed by atoms with Gasteiger partial charge in [-0.05, 0) is 68.3 Å². The number of allylic oxidation sites excluding steroid dienone is 1. The molecular formula is C20H28O4. The second kappa shape index (κ2) is 6.05. The molecule has 1 saturated carbocycles. The third-order valence-corrected chi connectivity index (χ3v) is 7.19. The third kappa shape index (κ3) is 2.51. The Hall–Kier alpha value is -1.58. The van der Waals surface area contributed by atoms with Crippen LogP contribution in [0, 0.1) is 22.7 Å². The highest BCUT2D eigenvalue weighted by molar-refractivity contribution is 5.85. The SMILES string of the molecule is CC1=CCC[C@@H]2[C@@]1(C(=O)O)CC[C@H](C)[C@@]2(C)CCC1=CC(=O)OC1. The van der Waals surface area contributed by atoms with Crippen LogP contribution in [0.2, 0.25) is 0 Å². The van der Waals surface area contributed by atoms with Crippen LogP contribution in [0.25, 0.3) is 0 Å². The molecule has 3 rings (SSSR count). The summed E-state index contributed by atoms with van der Waals surface area (Å²) in [5.74, 6) is -0.254. The van der Waals surface area contributed by atoms with Gasteiger partial charge in [-0.2, -0.15) is 0 Å². The summed E-state index contributed by atoms with van der Waals surface area (Å²) in [6, 6.07) is 0. The van der Waals surface area contributed by atoms with Gasteiger partial charge >= 0.3 is 11.9 Å². The number of fused-ring (bicyclic) bond motifs is 1. The molecule has 0 saturated heterocycles. The number of carboxylic acids is 1. The zero-order chi connectivity index (χ0) is 17.5. The molecule has 1 heterocycles. The molecule has 0 unspecified atom stereocenters. The van der Waals surface area contributed by atoms with Crippen molar-refractivity contribution >= 4 is 11.9 Å². The van der Waals surface area contributed by atoms with Crippen molar-refractivity contribution in [3.63, 3.8) is 0 Å². The fourth-order valence-electron chi connectivity index (χ4n) is 5.38. The molecule has 4 atom stereocenters. The molecule has 4 nitrogen and oxygen atoms in total. The van der Waals surface area contributed by atoms with Crippen LogP contribution in [0.15, 0.2) is 23.3 Å². The van der Waals surface area contributed by atoms with Gasteiger partial charge in [0.1, 0.15) is 6.61 Å².